The van der Waals surface area contributed by atoms with Crippen molar-refractivity contribution in [2.75, 3.05) is 6.61 Å². The van der Waals surface area contributed by atoms with Crippen LogP contribution in [0.25, 0.3) is 33.9 Å². The SMILES string of the molecule is Cc1cc(-c2nc[nH]c3cc(-c4cnn(C)c4)nc2-3)ccc1C(CO)N1C=C(C(N)=O)SC1C(C)(C)C. The molecule has 4 heterocycles. The minimum absolute atomic E-state index is 0.0448. The van der Waals surface area contributed by atoms with Crippen molar-refractivity contribution in [2.24, 2.45) is 18.2 Å². The summed E-state index contributed by atoms with van der Waals surface area (Å²) < 4.78 is 1.75. The molecule has 1 aromatic heterocycles. The fraction of sp³-hybridized carbons (Fsp3) is 0.333. The number of hydrogen-bond acceptors (Lipinski definition) is 7. The number of aliphatic hydroxyl groups excluding tert-OH is 1. The second-order valence-corrected chi connectivity index (χ2v) is 11.6. The van der Waals surface area contributed by atoms with E-state index >= 15 is 0 Å². The van der Waals surface area contributed by atoms with Gasteiger partial charge in [-0.15, -0.1) is 0 Å². The van der Waals surface area contributed by atoms with Gasteiger partial charge in [-0.1, -0.05) is 44.7 Å². The Morgan fingerprint density at radius 2 is 2.03 bits per heavy atom. The van der Waals surface area contributed by atoms with Crippen LogP contribution in [0, 0.1) is 12.3 Å². The van der Waals surface area contributed by atoms with Crippen LogP contribution in [0.3, 0.4) is 0 Å². The number of carbonyl (C=O) groups excluding carboxylic acids is 1. The standard InChI is InChI=1S/C27H31N7O2S/c1-15-8-16(23-24-20(29-14-30-23)9-19(32-24)17-10-31-33(5)11-17)6-7-18(15)21(13-35)34-12-22(25(28)36)37-26(34)27(2,3)4/h6-12,14,21,26,35H,13H2,1-5H3,(H2,28,36)(H,29,30). The van der Waals surface area contributed by atoms with E-state index in [-0.39, 0.29) is 23.4 Å². The summed E-state index contributed by atoms with van der Waals surface area (Å²) in [4.78, 5) is 27.2. The molecule has 9 nitrogen and oxygen atoms in total. The summed E-state index contributed by atoms with van der Waals surface area (Å²) in [5.41, 5.74) is 12.6. The first-order valence-electron chi connectivity index (χ1n) is 12.1. The summed E-state index contributed by atoms with van der Waals surface area (Å²) in [5, 5.41) is 14.7. The van der Waals surface area contributed by atoms with Gasteiger partial charge in [-0.3, -0.25) is 9.48 Å². The Hall–Kier alpha value is -3.63. The molecule has 192 valence electrons. The highest BCUT2D eigenvalue weighted by molar-refractivity contribution is 8.04. The third-order valence-corrected chi connectivity index (χ3v) is 8.34. The number of primary amides is 1. The van der Waals surface area contributed by atoms with E-state index in [1.807, 2.05) is 38.4 Å². The third kappa shape index (κ3) is 4.62. The van der Waals surface area contributed by atoms with Crippen molar-refractivity contribution in [1.82, 2.24) is 29.6 Å². The quantitative estimate of drug-likeness (QED) is 0.352. The van der Waals surface area contributed by atoms with Crippen molar-refractivity contribution in [1.29, 1.82) is 0 Å². The molecule has 2 atom stereocenters. The summed E-state index contributed by atoms with van der Waals surface area (Å²) in [7, 11) is 1.88. The third-order valence-electron chi connectivity index (χ3n) is 6.60. The summed E-state index contributed by atoms with van der Waals surface area (Å²) in [6.45, 7) is 8.29. The number of amides is 1. The number of benzene rings is 1. The Bertz CT molecular complexity index is 1470. The number of aromatic nitrogens is 5. The van der Waals surface area contributed by atoms with Gasteiger partial charge in [0.15, 0.2) is 0 Å². The number of carbonyl (C=O) groups is 1. The van der Waals surface area contributed by atoms with Crippen molar-refractivity contribution in [3.63, 3.8) is 0 Å². The van der Waals surface area contributed by atoms with Crippen LogP contribution in [-0.2, 0) is 11.8 Å². The maximum Gasteiger partial charge on any atom is 0.256 e. The maximum atomic E-state index is 12.0. The van der Waals surface area contributed by atoms with Gasteiger partial charge in [-0.2, -0.15) is 5.10 Å². The second kappa shape index (κ2) is 9.35. The van der Waals surface area contributed by atoms with E-state index in [2.05, 4.69) is 46.8 Å². The molecule has 0 aliphatic carbocycles. The fourth-order valence-corrected chi connectivity index (χ4v) is 6.03. The van der Waals surface area contributed by atoms with Crippen LogP contribution in [0.15, 0.2) is 54.1 Å². The number of nitrogens with two attached hydrogens (primary N) is 1. The lowest BCUT2D eigenvalue weighted by Gasteiger charge is -2.40. The van der Waals surface area contributed by atoms with Crippen molar-refractivity contribution in [3.05, 3.63) is 65.2 Å². The topological polar surface area (TPSA) is 126 Å². The highest BCUT2D eigenvalue weighted by atomic mass is 32.2. The largest absolute Gasteiger partial charge is 0.394 e. The minimum atomic E-state index is -0.450. The van der Waals surface area contributed by atoms with Crippen molar-refractivity contribution in [3.8, 4) is 33.9 Å². The van der Waals surface area contributed by atoms with E-state index in [9.17, 15) is 9.90 Å². The summed E-state index contributed by atoms with van der Waals surface area (Å²) in [5.74, 6) is -0.450. The molecule has 4 N–H and O–H groups in total. The van der Waals surface area contributed by atoms with Gasteiger partial charge >= 0.3 is 0 Å². The van der Waals surface area contributed by atoms with Gasteiger partial charge in [0.25, 0.3) is 5.91 Å². The number of nitrogens with zero attached hydrogens (tertiary/aromatic N) is 5. The fourth-order valence-electron chi connectivity index (χ4n) is 4.81. The molecular weight excluding hydrogens is 486 g/mol. The van der Waals surface area contributed by atoms with Crippen LogP contribution in [0.2, 0.25) is 0 Å². The minimum Gasteiger partial charge on any atom is -0.394 e. The molecule has 0 fully saturated rings. The van der Waals surface area contributed by atoms with Crippen LogP contribution < -0.4 is 5.73 Å². The lowest BCUT2D eigenvalue weighted by molar-refractivity contribution is -0.113. The first kappa shape index (κ1) is 25.0. The average molecular weight is 518 g/mol. The smallest absolute Gasteiger partial charge is 0.256 e. The molecule has 2 unspecified atom stereocenters. The number of H-pyrrole nitrogens is 1. The van der Waals surface area contributed by atoms with Crippen LogP contribution in [0.5, 0.6) is 0 Å². The molecule has 0 spiro atoms. The maximum absolute atomic E-state index is 12.0. The van der Waals surface area contributed by atoms with E-state index < -0.39 is 5.91 Å². The predicted molar refractivity (Wildman–Crippen MR) is 145 cm³/mol. The van der Waals surface area contributed by atoms with E-state index in [1.165, 1.54) is 11.8 Å². The molecule has 0 saturated carbocycles. The lowest BCUT2D eigenvalue weighted by Crippen LogP contribution is -2.39. The first-order chi connectivity index (χ1) is 17.6. The number of rotatable bonds is 6. The first-order valence-corrected chi connectivity index (χ1v) is 13.0. The molecule has 3 aliphatic rings. The van der Waals surface area contributed by atoms with E-state index in [0.717, 1.165) is 45.0 Å². The zero-order chi connectivity index (χ0) is 26.5. The predicted octanol–water partition coefficient (Wildman–Crippen LogP) is 4.07. The summed E-state index contributed by atoms with van der Waals surface area (Å²) >= 11 is 1.46. The van der Waals surface area contributed by atoms with E-state index in [0.29, 0.717) is 4.91 Å². The van der Waals surface area contributed by atoms with E-state index in [4.69, 9.17) is 10.7 Å². The van der Waals surface area contributed by atoms with E-state index in [1.54, 1.807) is 23.4 Å². The van der Waals surface area contributed by atoms with Gasteiger partial charge in [0, 0.05) is 30.6 Å². The normalized spacial score (nSPS) is 16.9. The number of aromatic amines is 1. The molecule has 1 amide bonds. The Balaban J connectivity index is 1.52. The van der Waals surface area contributed by atoms with Crippen LogP contribution in [0.4, 0.5) is 0 Å². The van der Waals surface area contributed by atoms with Crippen molar-refractivity contribution in [2.45, 2.75) is 39.1 Å². The van der Waals surface area contributed by atoms with Crippen LogP contribution in [0.1, 0.15) is 37.9 Å². The van der Waals surface area contributed by atoms with Gasteiger partial charge in [-0.05, 0) is 35.6 Å². The average Bonchev–Trinajstić information content (AvgIpc) is 3.57. The van der Waals surface area contributed by atoms with Crippen molar-refractivity contribution >= 4 is 17.7 Å². The molecule has 10 heteroatoms. The summed E-state index contributed by atoms with van der Waals surface area (Å²) in [6, 6.07) is 7.79. The van der Waals surface area contributed by atoms with Crippen molar-refractivity contribution < 1.29 is 9.90 Å². The zero-order valence-electron chi connectivity index (χ0n) is 21.6. The molecular formula is C27H31N7O2S. The molecule has 37 heavy (non-hydrogen) atoms. The van der Waals surface area contributed by atoms with Gasteiger partial charge < -0.3 is 20.7 Å². The summed E-state index contributed by atoms with van der Waals surface area (Å²) in [6.07, 6.45) is 7.20. The molecule has 3 aliphatic heterocycles. The van der Waals surface area contributed by atoms with Gasteiger partial charge in [0.2, 0.25) is 0 Å². The highest BCUT2D eigenvalue weighted by Gasteiger charge is 2.40. The van der Waals surface area contributed by atoms with Gasteiger partial charge in [0.05, 0.1) is 52.5 Å². The number of hydrogen-bond donors (Lipinski definition) is 3. The number of fused-ring (bicyclic) bond motifs is 1. The molecule has 0 radical (unpaired) electrons. The molecule has 1 aromatic carbocycles. The molecule has 5 rings (SSSR count). The zero-order valence-corrected chi connectivity index (χ0v) is 22.4. The monoisotopic (exact) mass is 517 g/mol. The Morgan fingerprint density at radius 1 is 1.24 bits per heavy atom. The Morgan fingerprint density at radius 3 is 2.65 bits per heavy atom. The number of nitrogens with one attached hydrogen (secondary N) is 1. The van der Waals surface area contributed by atoms with Crippen LogP contribution >= 0.6 is 11.8 Å². The highest BCUT2D eigenvalue weighted by Crippen LogP contribution is 2.47. The number of aliphatic hydroxyl groups is 1. The van der Waals surface area contributed by atoms with Gasteiger partial charge in [-0.25, -0.2) is 9.97 Å². The molecule has 2 aromatic rings. The second-order valence-electron chi connectivity index (χ2n) is 10.5. The number of thioether (sulfide) groups is 1. The number of aryl methyl sites for hydroxylation is 2. The Kier molecular flexibility index (Phi) is 6.33. The lowest BCUT2D eigenvalue weighted by atomic mass is 9.92. The van der Waals surface area contributed by atoms with Crippen LogP contribution in [-0.4, -0.2) is 52.6 Å². The van der Waals surface area contributed by atoms with Gasteiger partial charge in [0.1, 0.15) is 5.69 Å². The Labute approximate surface area is 220 Å². The molecule has 0 bridgehead atoms. The molecule has 0 saturated heterocycles.